The van der Waals surface area contributed by atoms with E-state index in [4.69, 9.17) is 0 Å². The molecule has 1 N–H and O–H groups in total. The molecule has 3 rings (SSSR count). The quantitative estimate of drug-likeness (QED) is 0.936. The first-order valence-corrected chi connectivity index (χ1v) is 9.40. The van der Waals surface area contributed by atoms with Crippen molar-refractivity contribution in [3.8, 4) is 0 Å². The van der Waals surface area contributed by atoms with Crippen LogP contribution in [0.5, 0.6) is 0 Å². The molecule has 2 aromatic rings. The number of benzene rings is 1. The summed E-state index contributed by atoms with van der Waals surface area (Å²) in [7, 11) is 1.24. The normalized spacial score (nSPS) is 17.6. The first kappa shape index (κ1) is 15.1. The van der Waals surface area contributed by atoms with Crippen LogP contribution in [0, 0.1) is 5.82 Å². The Bertz CT molecular complexity index is 661. The Hall–Kier alpha value is -0.820. The van der Waals surface area contributed by atoms with E-state index in [9.17, 15) is 8.60 Å². The zero-order chi connectivity index (χ0) is 14.8. The molecule has 1 aliphatic heterocycles. The molecule has 1 aliphatic rings. The van der Waals surface area contributed by atoms with Crippen molar-refractivity contribution in [3.05, 3.63) is 34.5 Å². The van der Waals surface area contributed by atoms with Gasteiger partial charge < -0.3 is 5.32 Å². The van der Waals surface area contributed by atoms with Crippen LogP contribution in [0.2, 0.25) is 0 Å². The molecular weight excluding hydrogens is 307 g/mol. The van der Waals surface area contributed by atoms with Gasteiger partial charge in [0.25, 0.3) is 0 Å². The summed E-state index contributed by atoms with van der Waals surface area (Å²) in [6.45, 7) is 3.16. The van der Waals surface area contributed by atoms with Gasteiger partial charge in [0.2, 0.25) is 0 Å². The van der Waals surface area contributed by atoms with E-state index in [1.165, 1.54) is 10.9 Å². The number of nitrogens with zero attached hydrogens (tertiary/aromatic N) is 1. The lowest BCUT2D eigenvalue weighted by Crippen LogP contribution is -2.37. The molecule has 0 radical (unpaired) electrons. The average molecular weight is 326 g/mol. The largest absolute Gasteiger partial charge is 0.315 e. The van der Waals surface area contributed by atoms with Crippen molar-refractivity contribution in [2.45, 2.75) is 13.1 Å². The van der Waals surface area contributed by atoms with Crippen molar-refractivity contribution in [1.29, 1.82) is 0 Å². The summed E-state index contributed by atoms with van der Waals surface area (Å²) in [5.74, 6) is 1.32. The first-order chi connectivity index (χ1) is 10.2. The summed E-state index contributed by atoms with van der Waals surface area (Å²) in [4.78, 5) is 3.48. The second kappa shape index (κ2) is 6.52. The van der Waals surface area contributed by atoms with Crippen LogP contribution in [-0.4, -0.2) is 40.8 Å². The molecule has 2 heterocycles. The molecule has 114 valence electrons. The predicted octanol–water partition coefficient (Wildman–Crippen LogP) is 2.32. The lowest BCUT2D eigenvalue weighted by Gasteiger charge is -2.26. The fourth-order valence-electron chi connectivity index (χ4n) is 2.74. The summed E-state index contributed by atoms with van der Waals surface area (Å²) < 4.78 is 26.7. The van der Waals surface area contributed by atoms with E-state index in [1.807, 2.05) is 13.1 Å². The van der Waals surface area contributed by atoms with E-state index in [0.717, 1.165) is 53.3 Å². The van der Waals surface area contributed by atoms with Crippen molar-refractivity contribution < 1.29 is 8.60 Å². The second-order valence-electron chi connectivity index (χ2n) is 5.27. The van der Waals surface area contributed by atoms with Crippen molar-refractivity contribution in [3.63, 3.8) is 0 Å². The van der Waals surface area contributed by atoms with Gasteiger partial charge in [0.05, 0.1) is 0 Å². The maximum atomic E-state index is 14.2. The standard InChI is InChI=1S/C15H19FN2OS2/c1-17-9-14-11(10-18-5-7-21(19)8-6-18)15-12(16)3-2-4-13(15)20-14/h2-4,17H,5-10H2,1H3. The summed E-state index contributed by atoms with van der Waals surface area (Å²) >= 11 is 1.66. The summed E-state index contributed by atoms with van der Waals surface area (Å²) in [5, 5.41) is 3.93. The van der Waals surface area contributed by atoms with E-state index >= 15 is 0 Å². The molecule has 0 saturated carbocycles. The number of fused-ring (bicyclic) bond motifs is 1. The van der Waals surface area contributed by atoms with Crippen LogP contribution < -0.4 is 5.32 Å². The SMILES string of the molecule is CNCc1sc2cccc(F)c2c1CN1CCS(=O)CC1. The van der Waals surface area contributed by atoms with Gasteiger partial charge in [0.15, 0.2) is 0 Å². The lowest BCUT2D eigenvalue weighted by molar-refractivity contribution is 0.292. The molecule has 0 aliphatic carbocycles. The van der Waals surface area contributed by atoms with Gasteiger partial charge in [-0.05, 0) is 24.7 Å². The molecule has 0 atom stereocenters. The maximum Gasteiger partial charge on any atom is 0.132 e. The zero-order valence-electron chi connectivity index (χ0n) is 12.0. The van der Waals surface area contributed by atoms with Gasteiger partial charge >= 0.3 is 0 Å². The molecule has 6 heteroatoms. The molecule has 0 unspecified atom stereocenters. The van der Waals surface area contributed by atoms with E-state index in [0.29, 0.717) is 0 Å². The van der Waals surface area contributed by atoms with Crippen LogP contribution >= 0.6 is 11.3 Å². The summed E-state index contributed by atoms with van der Waals surface area (Å²) in [6, 6.07) is 5.29. The molecular formula is C15H19FN2OS2. The van der Waals surface area contributed by atoms with Crippen molar-refractivity contribution >= 4 is 32.2 Å². The molecule has 0 bridgehead atoms. The molecule has 3 nitrogen and oxygen atoms in total. The van der Waals surface area contributed by atoms with Gasteiger partial charge in [-0.25, -0.2) is 4.39 Å². The van der Waals surface area contributed by atoms with Gasteiger partial charge in [-0.2, -0.15) is 0 Å². The van der Waals surface area contributed by atoms with E-state index in [2.05, 4.69) is 10.2 Å². The smallest absolute Gasteiger partial charge is 0.132 e. The van der Waals surface area contributed by atoms with Crippen LogP contribution in [-0.2, 0) is 23.9 Å². The van der Waals surface area contributed by atoms with Crippen LogP contribution in [0.15, 0.2) is 18.2 Å². The predicted molar refractivity (Wildman–Crippen MR) is 87.7 cm³/mol. The van der Waals surface area contributed by atoms with Gasteiger partial charge in [-0.15, -0.1) is 11.3 Å². The highest BCUT2D eigenvalue weighted by atomic mass is 32.2. The van der Waals surface area contributed by atoms with E-state index in [1.54, 1.807) is 17.4 Å². The minimum Gasteiger partial charge on any atom is -0.315 e. The van der Waals surface area contributed by atoms with Gasteiger partial charge in [-0.1, -0.05) is 6.07 Å². The summed E-state index contributed by atoms with van der Waals surface area (Å²) in [6.07, 6.45) is 0. The van der Waals surface area contributed by atoms with E-state index < -0.39 is 10.8 Å². The molecule has 1 aromatic heterocycles. The second-order valence-corrected chi connectivity index (χ2v) is 8.10. The summed E-state index contributed by atoms with van der Waals surface area (Å²) in [5.41, 5.74) is 1.09. The van der Waals surface area contributed by atoms with Crippen molar-refractivity contribution in [1.82, 2.24) is 10.2 Å². The molecule has 1 saturated heterocycles. The Kier molecular flexibility index (Phi) is 4.69. The number of nitrogens with one attached hydrogen (secondary N) is 1. The van der Waals surface area contributed by atoms with Gasteiger partial charge in [0, 0.05) is 63.4 Å². The lowest BCUT2D eigenvalue weighted by atomic mass is 10.1. The molecule has 1 aromatic carbocycles. The van der Waals surface area contributed by atoms with Crippen LogP contribution in [0.3, 0.4) is 0 Å². The molecule has 0 amide bonds. The molecule has 0 spiro atoms. The highest BCUT2D eigenvalue weighted by Crippen LogP contribution is 2.34. The third-order valence-electron chi connectivity index (χ3n) is 3.84. The number of hydrogen-bond acceptors (Lipinski definition) is 4. The first-order valence-electron chi connectivity index (χ1n) is 7.09. The Labute approximate surface area is 130 Å². The van der Waals surface area contributed by atoms with Gasteiger partial charge in [-0.3, -0.25) is 9.11 Å². The number of halogens is 1. The van der Waals surface area contributed by atoms with Crippen LogP contribution in [0.25, 0.3) is 10.1 Å². The third-order valence-corrected chi connectivity index (χ3v) is 6.31. The monoisotopic (exact) mass is 326 g/mol. The Morgan fingerprint density at radius 2 is 2.14 bits per heavy atom. The zero-order valence-corrected chi connectivity index (χ0v) is 13.7. The highest BCUT2D eigenvalue weighted by Gasteiger charge is 2.20. The van der Waals surface area contributed by atoms with Crippen LogP contribution in [0.1, 0.15) is 10.4 Å². The Morgan fingerprint density at radius 3 is 2.86 bits per heavy atom. The fourth-order valence-corrected chi connectivity index (χ4v) is 5.11. The highest BCUT2D eigenvalue weighted by molar-refractivity contribution is 7.85. The Balaban J connectivity index is 1.95. The Morgan fingerprint density at radius 1 is 1.38 bits per heavy atom. The minimum atomic E-state index is -0.675. The third kappa shape index (κ3) is 3.18. The number of rotatable bonds is 4. The van der Waals surface area contributed by atoms with E-state index in [-0.39, 0.29) is 5.82 Å². The van der Waals surface area contributed by atoms with Crippen molar-refractivity contribution in [2.24, 2.45) is 0 Å². The van der Waals surface area contributed by atoms with Crippen LogP contribution in [0.4, 0.5) is 4.39 Å². The molecule has 1 fully saturated rings. The molecule has 21 heavy (non-hydrogen) atoms. The maximum absolute atomic E-state index is 14.2. The number of hydrogen-bond donors (Lipinski definition) is 1. The van der Waals surface area contributed by atoms with Crippen molar-refractivity contribution in [2.75, 3.05) is 31.6 Å². The van der Waals surface area contributed by atoms with Gasteiger partial charge in [0.1, 0.15) is 5.82 Å². The fraction of sp³-hybridized carbons (Fsp3) is 0.467. The topological polar surface area (TPSA) is 32.3 Å². The number of thiophene rings is 1. The average Bonchev–Trinajstić information content (AvgIpc) is 2.81. The minimum absolute atomic E-state index is 0.137.